The zero-order chi connectivity index (χ0) is 16.2. The van der Waals surface area contributed by atoms with Gasteiger partial charge in [-0.2, -0.15) is 13.2 Å². The van der Waals surface area contributed by atoms with Crippen LogP contribution in [0, 0.1) is 0 Å². The quantitative estimate of drug-likeness (QED) is 0.872. The van der Waals surface area contributed by atoms with Crippen LogP contribution in [0.2, 0.25) is 0 Å². The second-order valence-electron chi connectivity index (χ2n) is 5.00. The maximum Gasteiger partial charge on any atom is 0.416 e. The standard InChI is InChI=1S/C14H19F3N2O2/c1-9(13(21)19(2)3)18-8-12(20)10-5-4-6-11(7-10)14(15,16)17/h4-7,9,12,18,20H,8H2,1-3H3. The Labute approximate surface area is 121 Å². The minimum absolute atomic E-state index is 0.0118. The molecule has 0 spiro atoms. The van der Waals surface area contributed by atoms with E-state index >= 15 is 0 Å². The smallest absolute Gasteiger partial charge is 0.387 e. The third-order valence-electron chi connectivity index (χ3n) is 3.03. The molecule has 1 aromatic carbocycles. The lowest BCUT2D eigenvalue weighted by Crippen LogP contribution is -2.42. The lowest BCUT2D eigenvalue weighted by molar-refractivity contribution is -0.137. The minimum atomic E-state index is -4.45. The number of benzene rings is 1. The van der Waals surface area contributed by atoms with Crippen molar-refractivity contribution in [2.45, 2.75) is 25.2 Å². The monoisotopic (exact) mass is 304 g/mol. The van der Waals surface area contributed by atoms with Gasteiger partial charge in [0.25, 0.3) is 0 Å². The van der Waals surface area contributed by atoms with Gasteiger partial charge in [0.05, 0.1) is 17.7 Å². The average Bonchev–Trinajstić information content (AvgIpc) is 2.42. The molecule has 0 saturated carbocycles. The molecule has 7 heteroatoms. The minimum Gasteiger partial charge on any atom is -0.387 e. The molecule has 1 aromatic rings. The maximum atomic E-state index is 12.6. The van der Waals surface area contributed by atoms with Gasteiger partial charge >= 0.3 is 6.18 Å². The van der Waals surface area contributed by atoms with E-state index in [2.05, 4.69) is 5.32 Å². The van der Waals surface area contributed by atoms with E-state index in [1.165, 1.54) is 17.0 Å². The largest absolute Gasteiger partial charge is 0.416 e. The van der Waals surface area contributed by atoms with Gasteiger partial charge in [0.1, 0.15) is 0 Å². The molecular weight excluding hydrogens is 285 g/mol. The highest BCUT2D eigenvalue weighted by atomic mass is 19.4. The van der Waals surface area contributed by atoms with Crippen molar-refractivity contribution >= 4 is 5.91 Å². The number of aliphatic hydroxyl groups excluding tert-OH is 1. The van der Waals surface area contributed by atoms with Crippen molar-refractivity contribution in [1.82, 2.24) is 10.2 Å². The summed E-state index contributed by atoms with van der Waals surface area (Å²) < 4.78 is 37.8. The van der Waals surface area contributed by atoms with Gasteiger partial charge < -0.3 is 15.3 Å². The predicted molar refractivity (Wildman–Crippen MR) is 72.6 cm³/mol. The Morgan fingerprint density at radius 1 is 1.38 bits per heavy atom. The normalized spacial score (nSPS) is 14.6. The molecular formula is C14H19F3N2O2. The van der Waals surface area contributed by atoms with Gasteiger partial charge in [-0.15, -0.1) is 0 Å². The van der Waals surface area contributed by atoms with Gasteiger partial charge in [0, 0.05) is 20.6 Å². The predicted octanol–water partition coefficient (Wildman–Crippen LogP) is 1.81. The molecule has 2 unspecified atom stereocenters. The molecule has 0 saturated heterocycles. The van der Waals surface area contributed by atoms with E-state index in [1.54, 1.807) is 21.0 Å². The summed E-state index contributed by atoms with van der Waals surface area (Å²) in [7, 11) is 3.20. The Morgan fingerprint density at radius 2 is 2.00 bits per heavy atom. The first-order valence-corrected chi connectivity index (χ1v) is 6.42. The lowest BCUT2D eigenvalue weighted by atomic mass is 10.1. The third kappa shape index (κ3) is 5.02. The fourth-order valence-electron chi connectivity index (χ4n) is 1.80. The van der Waals surface area contributed by atoms with Crippen molar-refractivity contribution < 1.29 is 23.1 Å². The Kier molecular flexibility index (Phi) is 5.74. The molecule has 1 rings (SSSR count). The van der Waals surface area contributed by atoms with Crippen LogP contribution in [-0.4, -0.2) is 42.6 Å². The Morgan fingerprint density at radius 3 is 2.52 bits per heavy atom. The fourth-order valence-corrected chi connectivity index (χ4v) is 1.80. The van der Waals surface area contributed by atoms with Crippen molar-refractivity contribution in [3.8, 4) is 0 Å². The highest BCUT2D eigenvalue weighted by Gasteiger charge is 2.30. The van der Waals surface area contributed by atoms with Crippen LogP contribution in [0.15, 0.2) is 24.3 Å². The molecule has 0 fully saturated rings. The number of aliphatic hydroxyl groups is 1. The fraction of sp³-hybridized carbons (Fsp3) is 0.500. The topological polar surface area (TPSA) is 52.6 Å². The van der Waals surface area contributed by atoms with Crippen LogP contribution in [0.5, 0.6) is 0 Å². The summed E-state index contributed by atoms with van der Waals surface area (Å²) in [6.45, 7) is 1.61. The number of likely N-dealkylation sites (N-methyl/N-ethyl adjacent to an activating group) is 1. The van der Waals surface area contributed by atoms with E-state index in [1.807, 2.05) is 0 Å². The summed E-state index contributed by atoms with van der Waals surface area (Å²) in [6.07, 6.45) is -5.57. The Bertz CT molecular complexity index is 489. The number of alkyl halides is 3. The molecule has 0 radical (unpaired) electrons. The van der Waals surface area contributed by atoms with Gasteiger partial charge in [0.2, 0.25) is 5.91 Å². The summed E-state index contributed by atoms with van der Waals surface area (Å²) in [5.74, 6) is -0.175. The van der Waals surface area contributed by atoms with Crippen molar-refractivity contribution in [1.29, 1.82) is 0 Å². The number of carbonyl (C=O) groups is 1. The number of amides is 1. The Balaban J connectivity index is 2.68. The zero-order valence-electron chi connectivity index (χ0n) is 12.1. The highest BCUT2D eigenvalue weighted by Crippen LogP contribution is 2.30. The van der Waals surface area contributed by atoms with E-state index in [0.29, 0.717) is 0 Å². The number of hydrogen-bond acceptors (Lipinski definition) is 3. The molecule has 4 nitrogen and oxygen atoms in total. The number of halogens is 3. The average molecular weight is 304 g/mol. The van der Waals surface area contributed by atoms with Crippen molar-refractivity contribution in [2.24, 2.45) is 0 Å². The number of nitrogens with zero attached hydrogens (tertiary/aromatic N) is 1. The van der Waals surface area contributed by atoms with Crippen molar-refractivity contribution in [3.05, 3.63) is 35.4 Å². The van der Waals surface area contributed by atoms with Gasteiger partial charge in [-0.25, -0.2) is 0 Å². The van der Waals surface area contributed by atoms with Crippen LogP contribution in [0.4, 0.5) is 13.2 Å². The summed E-state index contributed by atoms with van der Waals surface area (Å²) in [6, 6.07) is 3.99. The van der Waals surface area contributed by atoms with Crippen LogP contribution in [0.3, 0.4) is 0 Å². The SMILES string of the molecule is CC(NCC(O)c1cccc(C(F)(F)F)c1)C(=O)N(C)C. The number of nitrogens with one attached hydrogen (secondary N) is 1. The number of hydrogen-bond donors (Lipinski definition) is 2. The van der Waals surface area contributed by atoms with E-state index in [0.717, 1.165) is 12.1 Å². The molecule has 118 valence electrons. The molecule has 0 aliphatic rings. The molecule has 0 heterocycles. The van der Waals surface area contributed by atoms with Crippen LogP contribution in [0.1, 0.15) is 24.2 Å². The maximum absolute atomic E-state index is 12.6. The van der Waals surface area contributed by atoms with Crippen LogP contribution >= 0.6 is 0 Å². The first kappa shape index (κ1) is 17.5. The molecule has 1 amide bonds. The number of rotatable bonds is 5. The van der Waals surface area contributed by atoms with E-state index < -0.39 is 23.9 Å². The first-order valence-electron chi connectivity index (χ1n) is 6.42. The van der Waals surface area contributed by atoms with E-state index in [-0.39, 0.29) is 18.0 Å². The van der Waals surface area contributed by atoms with Gasteiger partial charge in [-0.1, -0.05) is 12.1 Å². The van der Waals surface area contributed by atoms with Gasteiger partial charge in [-0.3, -0.25) is 4.79 Å². The second kappa shape index (κ2) is 6.91. The third-order valence-corrected chi connectivity index (χ3v) is 3.03. The zero-order valence-corrected chi connectivity index (χ0v) is 12.1. The second-order valence-corrected chi connectivity index (χ2v) is 5.00. The summed E-state index contributed by atoms with van der Waals surface area (Å²) in [4.78, 5) is 13.0. The summed E-state index contributed by atoms with van der Waals surface area (Å²) in [5.41, 5.74) is -0.654. The van der Waals surface area contributed by atoms with Crippen LogP contribution in [0.25, 0.3) is 0 Å². The molecule has 0 aliphatic heterocycles. The van der Waals surface area contributed by atoms with Gasteiger partial charge in [-0.05, 0) is 24.6 Å². The molecule has 21 heavy (non-hydrogen) atoms. The summed E-state index contributed by atoms with van der Waals surface area (Å²) in [5, 5.41) is 12.7. The molecule has 2 atom stereocenters. The molecule has 0 aromatic heterocycles. The van der Waals surface area contributed by atoms with E-state index in [9.17, 15) is 23.1 Å². The van der Waals surface area contributed by atoms with Crippen LogP contribution in [-0.2, 0) is 11.0 Å². The lowest BCUT2D eigenvalue weighted by Gasteiger charge is -2.20. The molecule has 0 bridgehead atoms. The van der Waals surface area contributed by atoms with E-state index in [4.69, 9.17) is 0 Å². The molecule has 0 aliphatic carbocycles. The first-order chi connectivity index (χ1) is 9.62. The molecule has 2 N–H and O–H groups in total. The Hall–Kier alpha value is -1.60. The highest BCUT2D eigenvalue weighted by molar-refractivity contribution is 5.80. The van der Waals surface area contributed by atoms with Gasteiger partial charge in [0.15, 0.2) is 0 Å². The summed E-state index contributed by atoms with van der Waals surface area (Å²) >= 11 is 0. The van der Waals surface area contributed by atoms with Crippen molar-refractivity contribution in [2.75, 3.05) is 20.6 Å². The van der Waals surface area contributed by atoms with Crippen LogP contribution < -0.4 is 5.32 Å². The number of carbonyl (C=O) groups excluding carboxylic acids is 1. The van der Waals surface area contributed by atoms with Crippen molar-refractivity contribution in [3.63, 3.8) is 0 Å².